The Bertz CT molecular complexity index is 756. The van der Waals surface area contributed by atoms with Crippen LogP contribution in [-0.2, 0) is 4.79 Å². The fourth-order valence-electron chi connectivity index (χ4n) is 2.71. The van der Waals surface area contributed by atoms with Crippen LogP contribution in [0.3, 0.4) is 0 Å². The molecule has 2 aromatic rings. The monoisotopic (exact) mass is 387 g/mol. The number of nitrogens with zero attached hydrogens (tertiary/aromatic N) is 1. The molecular formula is C21H26ClN3O2. The van der Waals surface area contributed by atoms with Crippen molar-refractivity contribution in [3.8, 4) is 0 Å². The van der Waals surface area contributed by atoms with Gasteiger partial charge in [0.2, 0.25) is 5.91 Å². The molecular weight excluding hydrogens is 362 g/mol. The molecule has 0 aromatic heterocycles. The van der Waals surface area contributed by atoms with Crippen molar-refractivity contribution in [2.75, 3.05) is 25.0 Å². The molecule has 0 aliphatic rings. The first-order chi connectivity index (χ1) is 12.9. The predicted molar refractivity (Wildman–Crippen MR) is 110 cm³/mol. The van der Waals surface area contributed by atoms with Crippen LogP contribution in [0.5, 0.6) is 0 Å². The summed E-state index contributed by atoms with van der Waals surface area (Å²) in [6.45, 7) is 7.42. The molecule has 2 rings (SSSR count). The van der Waals surface area contributed by atoms with Gasteiger partial charge in [0.15, 0.2) is 0 Å². The number of halogens is 1. The number of hydrogen-bond acceptors (Lipinski definition) is 3. The van der Waals surface area contributed by atoms with E-state index in [1.807, 2.05) is 45.0 Å². The van der Waals surface area contributed by atoms with E-state index in [-0.39, 0.29) is 24.4 Å². The van der Waals surface area contributed by atoms with E-state index in [0.29, 0.717) is 29.4 Å². The maximum Gasteiger partial charge on any atom is 0.253 e. The van der Waals surface area contributed by atoms with Crippen molar-refractivity contribution in [1.82, 2.24) is 10.2 Å². The molecule has 6 heteroatoms. The third-order valence-electron chi connectivity index (χ3n) is 4.41. The van der Waals surface area contributed by atoms with Gasteiger partial charge in [-0.2, -0.15) is 0 Å². The van der Waals surface area contributed by atoms with E-state index in [4.69, 9.17) is 11.6 Å². The van der Waals surface area contributed by atoms with Crippen molar-refractivity contribution in [2.24, 2.45) is 0 Å². The molecule has 2 N–H and O–H groups in total. The summed E-state index contributed by atoms with van der Waals surface area (Å²) in [6, 6.07) is 14.5. The van der Waals surface area contributed by atoms with Gasteiger partial charge in [-0.15, -0.1) is 0 Å². The van der Waals surface area contributed by atoms with Crippen LogP contribution < -0.4 is 10.6 Å². The summed E-state index contributed by atoms with van der Waals surface area (Å²) in [5.41, 5.74) is 2.34. The van der Waals surface area contributed by atoms with Gasteiger partial charge >= 0.3 is 0 Å². The van der Waals surface area contributed by atoms with Crippen molar-refractivity contribution < 1.29 is 9.59 Å². The molecule has 0 bridgehead atoms. The normalized spacial score (nSPS) is 11.7. The maximum absolute atomic E-state index is 12.3. The van der Waals surface area contributed by atoms with Gasteiger partial charge in [0.1, 0.15) is 0 Å². The molecule has 0 saturated heterocycles. The third-order valence-corrected chi connectivity index (χ3v) is 4.66. The Balaban J connectivity index is 1.86. The van der Waals surface area contributed by atoms with E-state index in [2.05, 4.69) is 10.6 Å². The van der Waals surface area contributed by atoms with Crippen molar-refractivity contribution in [3.05, 3.63) is 64.7 Å². The van der Waals surface area contributed by atoms with Gasteiger partial charge in [0.25, 0.3) is 5.91 Å². The third kappa shape index (κ3) is 6.08. The molecule has 2 aromatic carbocycles. The number of benzene rings is 2. The number of carbonyl (C=O) groups is 2. The van der Waals surface area contributed by atoms with Crippen molar-refractivity contribution >= 4 is 29.1 Å². The second kappa shape index (κ2) is 10.1. The SMILES string of the molecule is CCN(CC)C(=O)c1ccc(NC(=O)CN[C@@H](C)c2ccc(Cl)cc2)cc1. The highest BCUT2D eigenvalue weighted by molar-refractivity contribution is 6.30. The van der Waals surface area contributed by atoms with Crippen LogP contribution in [0.4, 0.5) is 5.69 Å². The van der Waals surface area contributed by atoms with Crippen LogP contribution in [0.2, 0.25) is 5.02 Å². The van der Waals surface area contributed by atoms with Gasteiger partial charge in [0.05, 0.1) is 6.54 Å². The maximum atomic E-state index is 12.3. The lowest BCUT2D eigenvalue weighted by molar-refractivity contribution is -0.115. The number of nitrogens with one attached hydrogen (secondary N) is 2. The van der Waals surface area contributed by atoms with Crippen molar-refractivity contribution in [1.29, 1.82) is 0 Å². The number of rotatable bonds is 8. The van der Waals surface area contributed by atoms with Crippen molar-refractivity contribution in [2.45, 2.75) is 26.8 Å². The van der Waals surface area contributed by atoms with E-state index in [0.717, 1.165) is 5.56 Å². The second-order valence-corrected chi connectivity index (χ2v) is 6.69. The van der Waals surface area contributed by atoms with Gasteiger partial charge in [-0.25, -0.2) is 0 Å². The smallest absolute Gasteiger partial charge is 0.253 e. The molecule has 0 spiro atoms. The molecule has 0 heterocycles. The number of anilines is 1. The highest BCUT2D eigenvalue weighted by Gasteiger charge is 2.12. The Hall–Kier alpha value is -2.37. The number of carbonyl (C=O) groups excluding carboxylic acids is 2. The highest BCUT2D eigenvalue weighted by atomic mass is 35.5. The predicted octanol–water partition coefficient (Wildman–Crippen LogP) is 4.11. The summed E-state index contributed by atoms with van der Waals surface area (Å²) in [7, 11) is 0. The molecule has 27 heavy (non-hydrogen) atoms. The second-order valence-electron chi connectivity index (χ2n) is 6.26. The fourth-order valence-corrected chi connectivity index (χ4v) is 2.84. The highest BCUT2D eigenvalue weighted by Crippen LogP contribution is 2.16. The van der Waals surface area contributed by atoms with Crippen LogP contribution in [0.25, 0.3) is 0 Å². The molecule has 0 aliphatic carbocycles. The minimum absolute atomic E-state index is 0.00340. The Morgan fingerprint density at radius 3 is 2.15 bits per heavy atom. The quantitative estimate of drug-likeness (QED) is 0.716. The number of hydrogen-bond donors (Lipinski definition) is 2. The largest absolute Gasteiger partial charge is 0.339 e. The van der Waals surface area contributed by atoms with Gasteiger partial charge in [-0.1, -0.05) is 23.7 Å². The van der Waals surface area contributed by atoms with Crippen molar-refractivity contribution in [3.63, 3.8) is 0 Å². The minimum atomic E-state index is -0.140. The Kier molecular flexibility index (Phi) is 7.82. The van der Waals surface area contributed by atoms with E-state index in [9.17, 15) is 9.59 Å². The summed E-state index contributed by atoms with van der Waals surface area (Å²) >= 11 is 5.89. The zero-order valence-corrected chi connectivity index (χ0v) is 16.7. The van der Waals surface area contributed by atoms with Crippen LogP contribution in [0.1, 0.15) is 42.7 Å². The molecule has 0 fully saturated rings. The summed E-state index contributed by atoms with van der Waals surface area (Å²) in [6.07, 6.45) is 0. The van der Waals surface area contributed by atoms with Gasteiger partial charge in [-0.05, 0) is 62.7 Å². The molecule has 0 saturated carbocycles. The molecule has 0 aliphatic heterocycles. The molecule has 144 valence electrons. The van der Waals surface area contributed by atoms with E-state index in [1.54, 1.807) is 29.2 Å². The standard InChI is InChI=1S/C21H26ClN3O2/c1-4-25(5-2)21(27)17-8-12-19(13-9-17)24-20(26)14-23-15(3)16-6-10-18(22)11-7-16/h6-13,15,23H,4-5,14H2,1-3H3,(H,24,26)/t15-/m0/s1. The molecule has 2 amide bonds. The Morgan fingerprint density at radius 2 is 1.59 bits per heavy atom. The van der Waals surface area contributed by atoms with Crippen LogP contribution in [0, 0.1) is 0 Å². The average Bonchev–Trinajstić information content (AvgIpc) is 2.68. The minimum Gasteiger partial charge on any atom is -0.339 e. The zero-order chi connectivity index (χ0) is 19.8. The summed E-state index contributed by atoms with van der Waals surface area (Å²) in [4.78, 5) is 26.2. The van der Waals surface area contributed by atoms with E-state index < -0.39 is 0 Å². The Morgan fingerprint density at radius 1 is 1.00 bits per heavy atom. The van der Waals surface area contributed by atoms with Crippen LogP contribution in [-0.4, -0.2) is 36.3 Å². The van der Waals surface area contributed by atoms with Gasteiger partial charge in [0, 0.05) is 35.4 Å². The first kappa shape index (κ1) is 20.9. The first-order valence-corrected chi connectivity index (χ1v) is 9.50. The lowest BCUT2D eigenvalue weighted by Gasteiger charge is -2.18. The fraction of sp³-hybridized carbons (Fsp3) is 0.333. The topological polar surface area (TPSA) is 61.4 Å². The summed E-state index contributed by atoms with van der Waals surface area (Å²) < 4.78 is 0. The van der Waals surface area contributed by atoms with Crippen LogP contribution >= 0.6 is 11.6 Å². The van der Waals surface area contributed by atoms with E-state index >= 15 is 0 Å². The lowest BCUT2D eigenvalue weighted by atomic mass is 10.1. The summed E-state index contributed by atoms with van der Waals surface area (Å²) in [5.74, 6) is -0.144. The van der Waals surface area contributed by atoms with E-state index in [1.165, 1.54) is 0 Å². The molecule has 5 nitrogen and oxygen atoms in total. The zero-order valence-electron chi connectivity index (χ0n) is 16.0. The van der Waals surface area contributed by atoms with Gasteiger partial charge < -0.3 is 15.5 Å². The number of amides is 2. The average molecular weight is 388 g/mol. The summed E-state index contributed by atoms with van der Waals surface area (Å²) in [5, 5.41) is 6.70. The van der Waals surface area contributed by atoms with Crippen LogP contribution in [0.15, 0.2) is 48.5 Å². The lowest BCUT2D eigenvalue weighted by Crippen LogP contribution is -2.31. The molecule has 1 atom stereocenters. The molecule has 0 radical (unpaired) electrons. The molecule has 0 unspecified atom stereocenters. The van der Waals surface area contributed by atoms with Gasteiger partial charge in [-0.3, -0.25) is 9.59 Å². The Labute approximate surface area is 165 Å². The first-order valence-electron chi connectivity index (χ1n) is 9.12.